The minimum Gasteiger partial charge on any atom is -0.478 e. The Balaban J connectivity index is 0.000000468. The fraction of sp³-hybridized carbons (Fsp3) is 0.429. The maximum Gasteiger partial charge on any atom is 0.335 e. The molecule has 2 rings (SSSR count). The molecule has 0 unspecified atom stereocenters. The van der Waals surface area contributed by atoms with Crippen molar-refractivity contribution in [1.29, 1.82) is 0 Å². The highest BCUT2D eigenvalue weighted by Gasteiger charge is 2.12. The van der Waals surface area contributed by atoms with E-state index in [9.17, 15) is 9.59 Å². The maximum absolute atomic E-state index is 10.9. The van der Waals surface area contributed by atoms with Gasteiger partial charge in [0.15, 0.2) is 0 Å². The first-order valence-electron chi connectivity index (χ1n) is 6.15. The number of hydrogen-bond acceptors (Lipinski definition) is 2. The predicted molar refractivity (Wildman–Crippen MR) is 68.2 cm³/mol. The molecule has 0 aromatic heterocycles. The lowest BCUT2D eigenvalue weighted by molar-refractivity contribution is 0.0695. The molecule has 1 aromatic carbocycles. The molecule has 98 valence electrons. The molecule has 0 radical (unpaired) electrons. The van der Waals surface area contributed by atoms with Crippen molar-refractivity contribution in [3.63, 3.8) is 0 Å². The fourth-order valence-electron chi connectivity index (χ4n) is 1.40. The van der Waals surface area contributed by atoms with Gasteiger partial charge in [-0.2, -0.15) is 0 Å². The second-order valence-corrected chi connectivity index (χ2v) is 4.29. The number of hydrogen-bond donors (Lipinski definition) is 2. The minimum atomic E-state index is -1.11. The van der Waals surface area contributed by atoms with Gasteiger partial charge in [0.25, 0.3) is 0 Å². The number of carboxylic acid groups (broad SMARTS) is 2. The molecule has 0 amide bonds. The van der Waals surface area contributed by atoms with Gasteiger partial charge < -0.3 is 10.2 Å². The highest BCUT2D eigenvalue weighted by molar-refractivity contribution is 5.94. The van der Waals surface area contributed by atoms with Gasteiger partial charge in [0.1, 0.15) is 0 Å². The third-order valence-corrected chi connectivity index (χ3v) is 2.46. The molecule has 0 heterocycles. The lowest BCUT2D eigenvalue weighted by atomic mass is 10.0. The van der Waals surface area contributed by atoms with Gasteiger partial charge in [0.2, 0.25) is 0 Å². The van der Waals surface area contributed by atoms with Crippen LogP contribution < -0.4 is 0 Å². The monoisotopic (exact) mass is 250 g/mol. The molecule has 1 aliphatic rings. The first kappa shape index (κ1) is 14.2. The highest BCUT2D eigenvalue weighted by Crippen LogP contribution is 2.15. The average molecular weight is 250 g/mol. The van der Waals surface area contributed by atoms with E-state index in [-0.39, 0.29) is 11.1 Å². The Morgan fingerprint density at radius 2 is 1.72 bits per heavy atom. The minimum absolute atomic E-state index is 0.00672. The summed E-state index contributed by atoms with van der Waals surface area (Å²) in [5.41, 5.74) is 0.763. The third kappa shape index (κ3) is 4.57. The van der Waals surface area contributed by atoms with Crippen molar-refractivity contribution in [2.45, 2.75) is 39.0 Å². The first-order valence-corrected chi connectivity index (χ1v) is 6.15. The zero-order chi connectivity index (χ0) is 13.5. The van der Waals surface area contributed by atoms with E-state index in [1.54, 1.807) is 6.07 Å². The van der Waals surface area contributed by atoms with Crippen LogP contribution in [0, 0.1) is 0 Å². The van der Waals surface area contributed by atoms with Gasteiger partial charge in [-0.3, -0.25) is 0 Å². The molecule has 0 atom stereocenters. The number of benzene rings is 1. The summed E-state index contributed by atoms with van der Waals surface area (Å²) in [6, 6.07) is 4.20. The van der Waals surface area contributed by atoms with Gasteiger partial charge in [-0.25, -0.2) is 9.59 Å². The van der Waals surface area contributed by atoms with E-state index < -0.39 is 11.9 Å². The number of carboxylic acids is 2. The molecule has 4 nitrogen and oxygen atoms in total. The summed E-state index contributed by atoms with van der Waals surface area (Å²) in [5.74, 6) is -2.19. The molecule has 0 saturated heterocycles. The van der Waals surface area contributed by atoms with Crippen LogP contribution in [-0.2, 0) is 6.42 Å². The van der Waals surface area contributed by atoms with Gasteiger partial charge in [-0.05, 0) is 24.1 Å². The molecule has 18 heavy (non-hydrogen) atoms. The zero-order valence-electron chi connectivity index (χ0n) is 10.5. The summed E-state index contributed by atoms with van der Waals surface area (Å²) >= 11 is 0. The fourth-order valence-corrected chi connectivity index (χ4v) is 1.40. The van der Waals surface area contributed by atoms with E-state index in [1.165, 1.54) is 31.4 Å². The van der Waals surface area contributed by atoms with Crippen LogP contribution in [0.3, 0.4) is 0 Å². The molecule has 1 aromatic rings. The maximum atomic E-state index is 10.9. The van der Waals surface area contributed by atoms with E-state index in [0.29, 0.717) is 12.0 Å². The van der Waals surface area contributed by atoms with Gasteiger partial charge in [-0.1, -0.05) is 38.7 Å². The first-order chi connectivity index (χ1) is 8.56. The second kappa shape index (κ2) is 6.79. The molecular formula is C14H18O4. The van der Waals surface area contributed by atoms with E-state index in [4.69, 9.17) is 10.2 Å². The Morgan fingerprint density at radius 1 is 1.11 bits per heavy atom. The standard InChI is InChI=1S/C11H12O4.C3H6/c1-2-3-7-4-5-8(10(12)13)6-9(7)11(14)15;1-2-3-1/h4-6H,2-3H2,1H3,(H,12,13)(H,14,15);1-3H2. The smallest absolute Gasteiger partial charge is 0.335 e. The summed E-state index contributed by atoms with van der Waals surface area (Å²) in [6.45, 7) is 1.94. The molecule has 2 N–H and O–H groups in total. The Morgan fingerprint density at radius 3 is 2.11 bits per heavy atom. The predicted octanol–water partition coefficient (Wildman–Crippen LogP) is 3.21. The van der Waals surface area contributed by atoms with Crippen molar-refractivity contribution in [3.8, 4) is 0 Å². The normalized spacial score (nSPS) is 12.3. The van der Waals surface area contributed by atoms with Crippen LogP contribution in [-0.4, -0.2) is 22.2 Å². The molecule has 1 fully saturated rings. The topological polar surface area (TPSA) is 74.6 Å². The molecule has 1 aliphatic carbocycles. The number of rotatable bonds is 4. The van der Waals surface area contributed by atoms with Crippen molar-refractivity contribution in [2.75, 3.05) is 0 Å². The zero-order valence-corrected chi connectivity index (χ0v) is 10.5. The lowest BCUT2D eigenvalue weighted by Crippen LogP contribution is -2.06. The van der Waals surface area contributed by atoms with Crippen LogP contribution in [0.2, 0.25) is 0 Å². The highest BCUT2D eigenvalue weighted by atomic mass is 16.4. The summed E-state index contributed by atoms with van der Waals surface area (Å²) in [6.07, 6.45) is 5.97. The van der Waals surface area contributed by atoms with Crippen LogP contribution in [0.5, 0.6) is 0 Å². The lowest BCUT2D eigenvalue weighted by Gasteiger charge is -2.05. The summed E-state index contributed by atoms with van der Waals surface area (Å²) in [4.78, 5) is 21.5. The van der Waals surface area contributed by atoms with Crippen LogP contribution >= 0.6 is 0 Å². The van der Waals surface area contributed by atoms with E-state index in [1.807, 2.05) is 6.92 Å². The van der Waals surface area contributed by atoms with Crippen LogP contribution in [0.15, 0.2) is 18.2 Å². The Labute approximate surface area is 106 Å². The van der Waals surface area contributed by atoms with Crippen molar-refractivity contribution >= 4 is 11.9 Å². The summed E-state index contributed by atoms with van der Waals surface area (Å²) in [5, 5.41) is 17.6. The van der Waals surface area contributed by atoms with Crippen LogP contribution in [0.4, 0.5) is 0 Å². The number of aromatic carboxylic acids is 2. The third-order valence-electron chi connectivity index (χ3n) is 2.46. The van der Waals surface area contributed by atoms with Crippen molar-refractivity contribution in [3.05, 3.63) is 34.9 Å². The van der Waals surface area contributed by atoms with E-state index >= 15 is 0 Å². The van der Waals surface area contributed by atoms with Gasteiger partial charge in [0.05, 0.1) is 11.1 Å². The van der Waals surface area contributed by atoms with Crippen LogP contribution in [0.25, 0.3) is 0 Å². The summed E-state index contributed by atoms with van der Waals surface area (Å²) in [7, 11) is 0. The van der Waals surface area contributed by atoms with E-state index in [0.717, 1.165) is 6.42 Å². The summed E-state index contributed by atoms with van der Waals surface area (Å²) < 4.78 is 0. The van der Waals surface area contributed by atoms with Gasteiger partial charge >= 0.3 is 11.9 Å². The second-order valence-electron chi connectivity index (χ2n) is 4.29. The quantitative estimate of drug-likeness (QED) is 0.860. The molecule has 4 heteroatoms. The van der Waals surface area contributed by atoms with E-state index in [2.05, 4.69) is 0 Å². The molecule has 0 spiro atoms. The molecule has 0 bridgehead atoms. The van der Waals surface area contributed by atoms with Crippen LogP contribution in [0.1, 0.15) is 58.9 Å². The van der Waals surface area contributed by atoms with Gasteiger partial charge in [-0.15, -0.1) is 0 Å². The Kier molecular flexibility index (Phi) is 5.36. The number of carbonyl (C=O) groups is 2. The molecular weight excluding hydrogens is 232 g/mol. The van der Waals surface area contributed by atoms with Gasteiger partial charge in [0, 0.05) is 0 Å². The van der Waals surface area contributed by atoms with Crippen molar-refractivity contribution < 1.29 is 19.8 Å². The van der Waals surface area contributed by atoms with Crippen molar-refractivity contribution in [1.82, 2.24) is 0 Å². The molecule has 1 saturated carbocycles. The Bertz CT molecular complexity index is 433. The molecule has 0 aliphatic heterocycles. The Hall–Kier alpha value is -1.84. The largest absolute Gasteiger partial charge is 0.478 e. The average Bonchev–Trinajstić information content (AvgIpc) is 3.16. The number of aryl methyl sites for hydroxylation is 1. The van der Waals surface area contributed by atoms with Crippen molar-refractivity contribution in [2.24, 2.45) is 0 Å². The SMILES string of the molecule is C1CC1.CCCc1ccc(C(=O)O)cc1C(=O)O.